The number of benzene rings is 2. The Kier molecular flexibility index (Phi) is 6.97. The largest absolute Gasteiger partial charge is 0.506 e. The molecule has 0 heterocycles. The highest BCUT2D eigenvalue weighted by Crippen LogP contribution is 2.30. The number of hydrogen-bond donors (Lipinski definition) is 2. The van der Waals surface area contributed by atoms with Gasteiger partial charge in [-0.15, -0.1) is 0 Å². The molecule has 2 aromatic rings. The number of aromatic hydroxyl groups is 1. The monoisotopic (exact) mass is 365 g/mol. The number of rotatable bonds is 6. The van der Waals surface area contributed by atoms with Gasteiger partial charge in [-0.05, 0) is 23.6 Å². The van der Waals surface area contributed by atoms with Crippen LogP contribution in [-0.4, -0.2) is 17.7 Å². The third-order valence-electron chi connectivity index (χ3n) is 3.16. The van der Waals surface area contributed by atoms with E-state index in [4.69, 9.17) is 27.9 Å². The number of carbonyl (C=O) groups excluding carboxylic acids is 1. The highest BCUT2D eigenvalue weighted by atomic mass is 35.5. The highest BCUT2D eigenvalue weighted by Gasteiger charge is 2.04. The van der Waals surface area contributed by atoms with Crippen LogP contribution in [0.3, 0.4) is 0 Å². The Balaban J connectivity index is 1.70. The molecule has 0 aromatic heterocycles. The zero-order valence-electron chi connectivity index (χ0n) is 12.8. The topological polar surface area (TPSA) is 58.6 Å². The van der Waals surface area contributed by atoms with Crippen LogP contribution in [-0.2, 0) is 11.3 Å². The van der Waals surface area contributed by atoms with Crippen molar-refractivity contribution >= 4 is 35.4 Å². The predicted molar refractivity (Wildman–Crippen MR) is 96.4 cm³/mol. The van der Waals surface area contributed by atoms with E-state index in [1.807, 2.05) is 36.4 Å². The fourth-order valence-electron chi connectivity index (χ4n) is 1.92. The lowest BCUT2D eigenvalue weighted by molar-refractivity contribution is 0.140. The summed E-state index contributed by atoms with van der Waals surface area (Å²) < 4.78 is 5.10. The smallest absolute Gasteiger partial charge is 0.407 e. The zero-order valence-corrected chi connectivity index (χ0v) is 14.3. The minimum absolute atomic E-state index is 0.0540. The van der Waals surface area contributed by atoms with E-state index in [-0.39, 0.29) is 17.4 Å². The van der Waals surface area contributed by atoms with Gasteiger partial charge >= 0.3 is 6.09 Å². The van der Waals surface area contributed by atoms with Gasteiger partial charge in [0.25, 0.3) is 0 Å². The van der Waals surface area contributed by atoms with Crippen LogP contribution in [0.2, 0.25) is 10.0 Å². The van der Waals surface area contributed by atoms with E-state index in [1.165, 1.54) is 6.07 Å². The molecule has 126 valence electrons. The van der Waals surface area contributed by atoms with Crippen molar-refractivity contribution < 1.29 is 14.6 Å². The SMILES string of the molecule is O=C(NCCC=Cc1cc(Cl)c(O)cc1Cl)OCc1ccccc1. The van der Waals surface area contributed by atoms with Crippen molar-refractivity contribution in [2.24, 2.45) is 0 Å². The molecule has 0 saturated heterocycles. The van der Waals surface area contributed by atoms with Gasteiger partial charge in [0.1, 0.15) is 12.4 Å². The number of alkyl carbamates (subject to hydrolysis) is 1. The first-order valence-corrected chi connectivity index (χ1v) is 8.11. The molecule has 0 aliphatic rings. The van der Waals surface area contributed by atoms with Crippen LogP contribution in [0, 0.1) is 0 Å². The van der Waals surface area contributed by atoms with Crippen LogP contribution >= 0.6 is 23.2 Å². The maximum Gasteiger partial charge on any atom is 0.407 e. The summed E-state index contributed by atoms with van der Waals surface area (Å²) in [6, 6.07) is 12.4. The molecule has 0 spiro atoms. The molecule has 4 nitrogen and oxygen atoms in total. The predicted octanol–water partition coefficient (Wildman–Crippen LogP) is 5.03. The molecule has 2 N–H and O–H groups in total. The Morgan fingerprint density at radius 3 is 2.67 bits per heavy atom. The van der Waals surface area contributed by atoms with Crippen LogP contribution in [0.1, 0.15) is 17.5 Å². The van der Waals surface area contributed by atoms with Crippen LogP contribution in [0.4, 0.5) is 4.79 Å². The highest BCUT2D eigenvalue weighted by molar-refractivity contribution is 6.35. The maximum atomic E-state index is 11.6. The molecule has 0 saturated carbocycles. The Bertz CT molecular complexity index is 718. The minimum Gasteiger partial charge on any atom is -0.506 e. The van der Waals surface area contributed by atoms with Gasteiger partial charge in [-0.3, -0.25) is 0 Å². The lowest BCUT2D eigenvalue weighted by Crippen LogP contribution is -2.24. The molecule has 1 amide bonds. The fourth-order valence-corrected chi connectivity index (χ4v) is 2.31. The molecule has 0 fully saturated rings. The number of carbonyl (C=O) groups is 1. The lowest BCUT2D eigenvalue weighted by atomic mass is 10.2. The Morgan fingerprint density at radius 1 is 1.17 bits per heavy atom. The van der Waals surface area contributed by atoms with Crippen molar-refractivity contribution in [2.75, 3.05) is 6.54 Å². The van der Waals surface area contributed by atoms with Gasteiger partial charge in [0.05, 0.1) is 10.0 Å². The standard InChI is InChI=1S/C18H17Cl2NO3/c19-15-11-17(22)16(20)10-14(15)8-4-5-9-21-18(23)24-12-13-6-2-1-3-7-13/h1-4,6-8,10-11,22H,5,9,12H2,(H,21,23). The minimum atomic E-state index is -0.460. The van der Waals surface area contributed by atoms with E-state index in [0.717, 1.165) is 5.56 Å². The number of phenolic OH excluding ortho intramolecular Hbond substituents is 1. The fraction of sp³-hybridized carbons (Fsp3) is 0.167. The molecular formula is C18H17Cl2NO3. The summed E-state index contributed by atoms with van der Waals surface area (Å²) in [7, 11) is 0. The summed E-state index contributed by atoms with van der Waals surface area (Å²) in [5.74, 6) is -0.0540. The van der Waals surface area contributed by atoms with Gasteiger partial charge in [-0.25, -0.2) is 4.79 Å². The quantitative estimate of drug-likeness (QED) is 0.705. The third-order valence-corrected chi connectivity index (χ3v) is 3.79. The van der Waals surface area contributed by atoms with E-state index in [0.29, 0.717) is 23.6 Å². The average molecular weight is 366 g/mol. The molecule has 0 unspecified atom stereocenters. The molecule has 2 rings (SSSR count). The second kappa shape index (κ2) is 9.21. The second-order valence-corrected chi connectivity index (χ2v) is 5.82. The third kappa shape index (κ3) is 5.80. The molecular weight excluding hydrogens is 349 g/mol. The second-order valence-electron chi connectivity index (χ2n) is 5.00. The van der Waals surface area contributed by atoms with Crippen LogP contribution < -0.4 is 5.32 Å². The van der Waals surface area contributed by atoms with Crippen molar-refractivity contribution in [2.45, 2.75) is 13.0 Å². The molecule has 2 aromatic carbocycles. The van der Waals surface area contributed by atoms with Crippen molar-refractivity contribution in [1.82, 2.24) is 5.32 Å². The summed E-state index contributed by atoms with van der Waals surface area (Å²) in [4.78, 5) is 11.6. The van der Waals surface area contributed by atoms with Crippen LogP contribution in [0.15, 0.2) is 48.5 Å². The van der Waals surface area contributed by atoms with Gasteiger partial charge in [-0.2, -0.15) is 0 Å². The average Bonchev–Trinajstić information content (AvgIpc) is 2.58. The Hall–Kier alpha value is -2.17. The van der Waals surface area contributed by atoms with Crippen molar-refractivity contribution in [1.29, 1.82) is 0 Å². The molecule has 0 bridgehead atoms. The Labute approximate surface area is 150 Å². The van der Waals surface area contributed by atoms with Crippen molar-refractivity contribution in [3.8, 4) is 5.75 Å². The number of nitrogens with one attached hydrogen (secondary N) is 1. The van der Waals surface area contributed by atoms with Gasteiger partial charge < -0.3 is 15.2 Å². The molecule has 6 heteroatoms. The van der Waals surface area contributed by atoms with Gasteiger partial charge in [0, 0.05) is 12.6 Å². The van der Waals surface area contributed by atoms with E-state index in [9.17, 15) is 9.90 Å². The summed E-state index contributed by atoms with van der Waals surface area (Å²) in [5, 5.41) is 12.7. The van der Waals surface area contributed by atoms with Crippen molar-refractivity contribution in [3.63, 3.8) is 0 Å². The Morgan fingerprint density at radius 2 is 1.92 bits per heavy atom. The lowest BCUT2D eigenvalue weighted by Gasteiger charge is -2.06. The first kappa shape index (κ1) is 18.2. The normalized spacial score (nSPS) is 10.8. The summed E-state index contributed by atoms with van der Waals surface area (Å²) in [6.07, 6.45) is 3.78. The molecule has 0 atom stereocenters. The number of hydrogen-bond acceptors (Lipinski definition) is 3. The van der Waals surface area contributed by atoms with E-state index in [1.54, 1.807) is 12.1 Å². The number of ether oxygens (including phenoxy) is 1. The van der Waals surface area contributed by atoms with Gasteiger partial charge in [0.2, 0.25) is 0 Å². The number of halogens is 2. The van der Waals surface area contributed by atoms with E-state index >= 15 is 0 Å². The first-order valence-electron chi connectivity index (χ1n) is 7.35. The van der Waals surface area contributed by atoms with Crippen molar-refractivity contribution in [3.05, 3.63) is 69.7 Å². The first-order chi connectivity index (χ1) is 11.6. The van der Waals surface area contributed by atoms with Gasteiger partial charge in [-0.1, -0.05) is 65.7 Å². The van der Waals surface area contributed by atoms with Gasteiger partial charge in [0.15, 0.2) is 0 Å². The van der Waals surface area contributed by atoms with Crippen LogP contribution in [0.5, 0.6) is 5.75 Å². The zero-order chi connectivity index (χ0) is 17.4. The molecule has 0 aliphatic heterocycles. The summed E-state index contributed by atoms with van der Waals surface area (Å²) >= 11 is 11.8. The van der Waals surface area contributed by atoms with Crippen LogP contribution in [0.25, 0.3) is 6.08 Å². The van der Waals surface area contributed by atoms with E-state index in [2.05, 4.69) is 5.32 Å². The molecule has 24 heavy (non-hydrogen) atoms. The summed E-state index contributed by atoms with van der Waals surface area (Å²) in [6.45, 7) is 0.678. The molecule has 0 radical (unpaired) electrons. The maximum absolute atomic E-state index is 11.6. The number of phenols is 1. The summed E-state index contributed by atoms with van der Waals surface area (Å²) in [5.41, 5.74) is 1.64. The number of amides is 1. The molecule has 0 aliphatic carbocycles. The van der Waals surface area contributed by atoms with E-state index < -0.39 is 6.09 Å².